The second-order valence-electron chi connectivity index (χ2n) is 7.09. The summed E-state index contributed by atoms with van der Waals surface area (Å²) in [5.41, 5.74) is 2.94. The monoisotopic (exact) mass is 421 g/mol. The van der Waals surface area contributed by atoms with Gasteiger partial charge in [-0.25, -0.2) is 0 Å². The molecule has 0 fully saturated rings. The molecule has 0 aliphatic rings. The van der Waals surface area contributed by atoms with Gasteiger partial charge in [0.2, 0.25) is 5.91 Å². The number of pyridine rings is 1. The van der Waals surface area contributed by atoms with E-state index in [1.54, 1.807) is 18.5 Å². The average molecular weight is 422 g/mol. The highest BCUT2D eigenvalue weighted by molar-refractivity contribution is 8.00. The molecule has 156 valence electrons. The zero-order valence-electron chi connectivity index (χ0n) is 17.6. The number of hydrogen-bond acceptors (Lipinski definition) is 5. The van der Waals surface area contributed by atoms with E-state index in [0.29, 0.717) is 17.6 Å². The molecule has 0 saturated heterocycles. The number of aromatic nitrogens is 4. The van der Waals surface area contributed by atoms with Crippen molar-refractivity contribution in [3.05, 3.63) is 67.0 Å². The summed E-state index contributed by atoms with van der Waals surface area (Å²) >= 11 is 1.39. The molecule has 1 N–H and O–H groups in total. The van der Waals surface area contributed by atoms with E-state index >= 15 is 0 Å². The number of nitrogens with one attached hydrogen (secondary N) is 1. The lowest BCUT2D eigenvalue weighted by molar-refractivity contribution is -0.115. The Labute approximate surface area is 181 Å². The van der Waals surface area contributed by atoms with Crippen LogP contribution in [0, 0.1) is 0 Å². The first-order valence-electron chi connectivity index (χ1n) is 10.1. The van der Waals surface area contributed by atoms with Gasteiger partial charge < -0.3 is 5.32 Å². The molecule has 2 aromatic heterocycles. The van der Waals surface area contributed by atoms with Crippen LogP contribution in [0.4, 0.5) is 5.69 Å². The first kappa shape index (κ1) is 21.8. The van der Waals surface area contributed by atoms with E-state index in [9.17, 15) is 4.79 Å². The predicted octanol–water partition coefficient (Wildman–Crippen LogP) is 5.16. The van der Waals surface area contributed by atoms with Crippen molar-refractivity contribution < 1.29 is 4.79 Å². The molecule has 3 rings (SSSR count). The van der Waals surface area contributed by atoms with E-state index in [1.807, 2.05) is 41.8 Å². The molecule has 0 unspecified atom stereocenters. The lowest BCUT2D eigenvalue weighted by Gasteiger charge is -2.17. The van der Waals surface area contributed by atoms with Crippen molar-refractivity contribution in [1.82, 2.24) is 19.7 Å². The SMILES string of the molecule is C=CCn1c(S[C@@H](C)C(=O)Nc2ccccc2[C@@H](C)CC)nnc1-c1ccncc1. The maximum absolute atomic E-state index is 12.9. The number of hydrogen-bond donors (Lipinski definition) is 1. The van der Waals surface area contributed by atoms with Crippen molar-refractivity contribution in [3.63, 3.8) is 0 Å². The Balaban J connectivity index is 1.78. The number of carbonyl (C=O) groups is 1. The summed E-state index contributed by atoms with van der Waals surface area (Å²) < 4.78 is 1.96. The van der Waals surface area contributed by atoms with Gasteiger partial charge >= 0.3 is 0 Å². The van der Waals surface area contributed by atoms with Gasteiger partial charge in [0.25, 0.3) is 0 Å². The van der Waals surface area contributed by atoms with Gasteiger partial charge in [0, 0.05) is 30.2 Å². The molecule has 7 heteroatoms. The molecule has 0 aliphatic carbocycles. The fourth-order valence-electron chi connectivity index (χ4n) is 3.09. The second kappa shape index (κ2) is 10.2. The number of para-hydroxylation sites is 1. The molecule has 0 bridgehead atoms. The minimum atomic E-state index is -0.340. The molecule has 0 spiro atoms. The molecular formula is C23H27N5OS. The fraction of sp³-hybridized carbons (Fsp3) is 0.304. The largest absolute Gasteiger partial charge is 0.325 e. The van der Waals surface area contributed by atoms with E-state index in [4.69, 9.17) is 0 Å². The predicted molar refractivity (Wildman–Crippen MR) is 123 cm³/mol. The van der Waals surface area contributed by atoms with Crippen LogP contribution in [0.15, 0.2) is 66.6 Å². The number of nitrogens with zero attached hydrogens (tertiary/aromatic N) is 4. The minimum Gasteiger partial charge on any atom is -0.325 e. The van der Waals surface area contributed by atoms with Gasteiger partial charge in [0.1, 0.15) is 0 Å². The Bertz CT molecular complexity index is 1000. The number of allylic oxidation sites excluding steroid dienone is 1. The number of rotatable bonds is 9. The van der Waals surface area contributed by atoms with Gasteiger partial charge in [-0.2, -0.15) is 0 Å². The maximum Gasteiger partial charge on any atom is 0.237 e. The number of carbonyl (C=O) groups excluding carboxylic acids is 1. The topological polar surface area (TPSA) is 72.7 Å². The van der Waals surface area contributed by atoms with Gasteiger partial charge in [-0.1, -0.05) is 49.9 Å². The number of anilines is 1. The Hall–Kier alpha value is -2.93. The molecule has 1 amide bonds. The quantitative estimate of drug-likeness (QED) is 0.382. The second-order valence-corrected chi connectivity index (χ2v) is 8.40. The highest BCUT2D eigenvalue weighted by atomic mass is 32.2. The van der Waals surface area contributed by atoms with Crippen LogP contribution in [0.3, 0.4) is 0 Å². The minimum absolute atomic E-state index is 0.0608. The first-order chi connectivity index (χ1) is 14.5. The number of benzene rings is 1. The molecule has 0 aliphatic heterocycles. The van der Waals surface area contributed by atoms with E-state index in [-0.39, 0.29) is 11.2 Å². The van der Waals surface area contributed by atoms with Gasteiger partial charge in [0.05, 0.1) is 5.25 Å². The van der Waals surface area contributed by atoms with E-state index < -0.39 is 0 Å². The standard InChI is InChI=1S/C23H27N5OS/c1-5-15-28-21(18-11-13-24-14-12-18)26-27-23(28)30-17(4)22(29)25-20-10-8-7-9-19(20)16(3)6-2/h5,7-14,16-17H,1,6,15H2,2-4H3,(H,25,29)/t16-,17-/m0/s1. The number of amides is 1. The summed E-state index contributed by atoms with van der Waals surface area (Å²) in [5, 5.41) is 12.1. The van der Waals surface area contributed by atoms with E-state index in [1.165, 1.54) is 11.8 Å². The van der Waals surface area contributed by atoms with Gasteiger partial charge in [-0.15, -0.1) is 16.8 Å². The lowest BCUT2D eigenvalue weighted by atomic mass is 9.97. The van der Waals surface area contributed by atoms with Crippen molar-refractivity contribution in [3.8, 4) is 11.4 Å². The Morgan fingerprint density at radius 2 is 1.93 bits per heavy atom. The molecule has 6 nitrogen and oxygen atoms in total. The van der Waals surface area contributed by atoms with Crippen molar-refractivity contribution in [2.24, 2.45) is 0 Å². The van der Waals surface area contributed by atoms with Crippen LogP contribution >= 0.6 is 11.8 Å². The van der Waals surface area contributed by atoms with E-state index in [0.717, 1.165) is 29.1 Å². The smallest absolute Gasteiger partial charge is 0.237 e. The lowest BCUT2D eigenvalue weighted by Crippen LogP contribution is -2.23. The summed E-state index contributed by atoms with van der Waals surface area (Å²) in [6.45, 7) is 10.6. The first-order valence-corrected chi connectivity index (χ1v) is 10.9. The average Bonchev–Trinajstić information content (AvgIpc) is 3.16. The van der Waals surface area contributed by atoms with Crippen LogP contribution < -0.4 is 5.32 Å². The van der Waals surface area contributed by atoms with Crippen LogP contribution in [-0.2, 0) is 11.3 Å². The van der Waals surface area contributed by atoms with Crippen LogP contribution in [0.5, 0.6) is 0 Å². The van der Waals surface area contributed by atoms with Gasteiger partial charge in [-0.05, 0) is 43.0 Å². The summed E-state index contributed by atoms with van der Waals surface area (Å²) in [6.07, 6.45) is 6.25. The molecule has 2 atom stereocenters. The molecule has 0 radical (unpaired) electrons. The van der Waals surface area contributed by atoms with Crippen molar-refractivity contribution in [2.75, 3.05) is 5.32 Å². The normalized spacial score (nSPS) is 12.9. The van der Waals surface area contributed by atoms with Crippen LogP contribution in [0.2, 0.25) is 0 Å². The highest BCUT2D eigenvalue weighted by Gasteiger charge is 2.21. The summed E-state index contributed by atoms with van der Waals surface area (Å²) in [4.78, 5) is 17.0. The molecule has 1 aromatic carbocycles. The molecule has 30 heavy (non-hydrogen) atoms. The van der Waals surface area contributed by atoms with Crippen molar-refractivity contribution >= 4 is 23.4 Å². The maximum atomic E-state index is 12.9. The summed E-state index contributed by atoms with van der Waals surface area (Å²) in [5.74, 6) is 1.05. The third-order valence-corrected chi connectivity index (χ3v) is 6.06. The van der Waals surface area contributed by atoms with Crippen LogP contribution in [-0.4, -0.2) is 30.9 Å². The van der Waals surface area contributed by atoms with Crippen molar-refractivity contribution in [1.29, 1.82) is 0 Å². The van der Waals surface area contributed by atoms with Crippen LogP contribution in [0.1, 0.15) is 38.7 Å². The van der Waals surface area contributed by atoms with E-state index in [2.05, 4.69) is 47.0 Å². The zero-order valence-corrected chi connectivity index (χ0v) is 18.4. The van der Waals surface area contributed by atoms with Crippen LogP contribution in [0.25, 0.3) is 11.4 Å². The third-order valence-electron chi connectivity index (χ3n) is 4.98. The molecule has 0 saturated carbocycles. The number of thioether (sulfide) groups is 1. The zero-order chi connectivity index (χ0) is 21.5. The van der Waals surface area contributed by atoms with Gasteiger partial charge in [0.15, 0.2) is 11.0 Å². The van der Waals surface area contributed by atoms with Gasteiger partial charge in [-0.3, -0.25) is 14.3 Å². The molecule has 2 heterocycles. The molecular weight excluding hydrogens is 394 g/mol. The van der Waals surface area contributed by atoms with Crippen molar-refractivity contribution in [2.45, 2.75) is 50.1 Å². The summed E-state index contributed by atoms with van der Waals surface area (Å²) in [7, 11) is 0. The highest BCUT2D eigenvalue weighted by Crippen LogP contribution is 2.29. The Morgan fingerprint density at radius 3 is 2.63 bits per heavy atom. The summed E-state index contributed by atoms with van der Waals surface area (Å²) in [6, 6.07) is 11.8. The molecule has 3 aromatic rings. The third kappa shape index (κ3) is 4.97. The fourth-order valence-corrected chi connectivity index (χ4v) is 3.95. The Kier molecular flexibility index (Phi) is 7.41. The Morgan fingerprint density at radius 1 is 1.20 bits per heavy atom.